The highest BCUT2D eigenvalue weighted by atomic mass is 32.2. The molecule has 6 nitrogen and oxygen atoms in total. The van der Waals surface area contributed by atoms with E-state index < -0.39 is 26.0 Å². The Labute approximate surface area is 76.4 Å². The second-order valence-corrected chi connectivity index (χ2v) is 4.84. The van der Waals surface area contributed by atoms with E-state index in [0.29, 0.717) is 6.26 Å². The Bertz CT molecular complexity index is 387. The van der Waals surface area contributed by atoms with Crippen molar-refractivity contribution < 1.29 is 25.6 Å². The molecule has 0 aromatic heterocycles. The molecular weight excluding hydrogens is 220 g/mol. The summed E-state index contributed by atoms with van der Waals surface area (Å²) in [6.45, 7) is 3.15. The molecule has 0 radical (unpaired) electrons. The molecule has 0 aliphatic rings. The van der Waals surface area contributed by atoms with Crippen molar-refractivity contribution in [3.05, 3.63) is 24.3 Å². The van der Waals surface area contributed by atoms with Gasteiger partial charge in [-0.25, -0.2) is 0 Å². The zero-order valence-corrected chi connectivity index (χ0v) is 8.08. The molecule has 1 N–H and O–H groups in total. The second kappa shape index (κ2) is 4.40. The molecular formula is C5H8O6S2. The van der Waals surface area contributed by atoms with Crippen molar-refractivity contribution in [2.24, 2.45) is 0 Å². The molecule has 0 aliphatic heterocycles. The predicted molar refractivity (Wildman–Crippen MR) is 45.8 cm³/mol. The van der Waals surface area contributed by atoms with Crippen LogP contribution in [0.15, 0.2) is 24.3 Å². The molecule has 0 rings (SSSR count). The molecule has 0 spiro atoms. The largest absolute Gasteiger partial charge is 0.389 e. The first kappa shape index (κ1) is 12.1. The fourth-order valence-electron chi connectivity index (χ4n) is 0.361. The molecule has 0 saturated carbocycles. The highest BCUT2D eigenvalue weighted by Gasteiger charge is 2.06. The van der Waals surface area contributed by atoms with Gasteiger partial charge in [0.15, 0.2) is 0 Å². The molecule has 8 heteroatoms. The number of hydrogen-bond acceptors (Lipinski definition) is 5. The van der Waals surface area contributed by atoms with Crippen LogP contribution in [0.2, 0.25) is 0 Å². The van der Waals surface area contributed by atoms with E-state index in [-0.39, 0.29) is 5.41 Å². The lowest BCUT2D eigenvalue weighted by molar-refractivity contribution is 0.445. The summed E-state index contributed by atoms with van der Waals surface area (Å²) in [7, 11) is -8.19. The topological polar surface area (TPSA) is 97.7 Å². The van der Waals surface area contributed by atoms with E-state index >= 15 is 0 Å². The Morgan fingerprint density at radius 1 is 1.31 bits per heavy atom. The van der Waals surface area contributed by atoms with Gasteiger partial charge in [0, 0.05) is 0 Å². The van der Waals surface area contributed by atoms with E-state index in [1.54, 1.807) is 0 Å². The maximum Gasteiger partial charge on any atom is 0.312 e. The maximum atomic E-state index is 10.7. The van der Waals surface area contributed by atoms with Gasteiger partial charge in [-0.3, -0.25) is 4.55 Å². The average Bonchev–Trinajstić information content (AvgIpc) is 1.82. The SMILES string of the molecule is C=CCS(=O)(=O)OC=CS(=O)(=O)O. The molecule has 0 saturated heterocycles. The van der Waals surface area contributed by atoms with Crippen LogP contribution < -0.4 is 0 Å². The van der Waals surface area contributed by atoms with Crippen molar-refractivity contribution in [2.75, 3.05) is 5.75 Å². The molecule has 13 heavy (non-hydrogen) atoms. The molecule has 0 unspecified atom stereocenters. The smallest absolute Gasteiger partial charge is 0.312 e. The standard InChI is InChI=1S/C5H8O6S2/c1-2-4-13(9,10)11-3-5-12(6,7)8/h2-3,5H,1,4H2,(H,6,7,8). The minimum atomic E-state index is -4.36. The van der Waals surface area contributed by atoms with Gasteiger partial charge >= 0.3 is 10.1 Å². The normalized spacial score (nSPS) is 13.0. The summed E-state index contributed by atoms with van der Waals surface area (Å²) in [5, 5.41) is 0.216. The first-order chi connectivity index (χ1) is 5.77. The molecule has 0 fully saturated rings. The van der Waals surface area contributed by atoms with E-state index in [1.165, 1.54) is 0 Å². The Morgan fingerprint density at radius 2 is 1.85 bits per heavy atom. The quantitative estimate of drug-likeness (QED) is 0.305. The molecule has 0 heterocycles. The van der Waals surface area contributed by atoms with Gasteiger partial charge in [0.2, 0.25) is 0 Å². The van der Waals surface area contributed by atoms with Crippen LogP contribution in [0.25, 0.3) is 0 Å². The zero-order valence-electron chi connectivity index (χ0n) is 6.45. The van der Waals surface area contributed by atoms with Gasteiger partial charge in [-0.1, -0.05) is 6.08 Å². The second-order valence-electron chi connectivity index (χ2n) is 1.90. The number of hydrogen-bond donors (Lipinski definition) is 1. The van der Waals surface area contributed by atoms with Crippen LogP contribution in [-0.4, -0.2) is 27.1 Å². The van der Waals surface area contributed by atoms with Crippen molar-refractivity contribution in [2.45, 2.75) is 0 Å². The molecule has 0 aromatic rings. The third-order valence-corrected chi connectivity index (χ3v) is 2.25. The summed E-state index contributed by atoms with van der Waals surface area (Å²) >= 11 is 0. The zero-order chi connectivity index (χ0) is 10.5. The van der Waals surface area contributed by atoms with Crippen LogP contribution in [0.4, 0.5) is 0 Å². The fraction of sp³-hybridized carbons (Fsp3) is 0.200. The minimum Gasteiger partial charge on any atom is -0.389 e. The van der Waals surface area contributed by atoms with Gasteiger partial charge in [-0.05, 0) is 0 Å². The maximum absolute atomic E-state index is 10.7. The van der Waals surface area contributed by atoms with Crippen molar-refractivity contribution in [3.8, 4) is 0 Å². The van der Waals surface area contributed by atoms with Gasteiger partial charge in [0.25, 0.3) is 10.1 Å². The van der Waals surface area contributed by atoms with E-state index in [1.807, 2.05) is 0 Å². The van der Waals surface area contributed by atoms with Crippen LogP contribution >= 0.6 is 0 Å². The third kappa shape index (κ3) is 7.50. The lowest BCUT2D eigenvalue weighted by atomic mass is 10.8. The van der Waals surface area contributed by atoms with E-state index in [9.17, 15) is 16.8 Å². The summed E-state index contributed by atoms with van der Waals surface area (Å²) in [5.41, 5.74) is 0. The highest BCUT2D eigenvalue weighted by molar-refractivity contribution is 7.89. The van der Waals surface area contributed by atoms with E-state index in [2.05, 4.69) is 10.8 Å². The summed E-state index contributed by atoms with van der Waals surface area (Å²) in [6, 6.07) is 0. The van der Waals surface area contributed by atoms with Gasteiger partial charge in [0.1, 0.15) is 12.0 Å². The van der Waals surface area contributed by atoms with Gasteiger partial charge < -0.3 is 4.18 Å². The summed E-state index contributed by atoms with van der Waals surface area (Å²) in [5.74, 6) is -0.442. The Kier molecular flexibility index (Phi) is 4.11. The average molecular weight is 228 g/mol. The predicted octanol–water partition coefficient (Wildman–Crippen LogP) is -0.122. The lowest BCUT2D eigenvalue weighted by Crippen LogP contribution is -2.05. The molecule has 0 bridgehead atoms. The molecule has 0 aliphatic carbocycles. The highest BCUT2D eigenvalue weighted by Crippen LogP contribution is 1.95. The molecule has 0 atom stereocenters. The van der Waals surface area contributed by atoms with Crippen LogP contribution in [0.3, 0.4) is 0 Å². The Balaban J connectivity index is 4.35. The molecule has 76 valence electrons. The summed E-state index contributed by atoms with van der Waals surface area (Å²) < 4.78 is 53.6. The first-order valence-electron chi connectivity index (χ1n) is 2.93. The van der Waals surface area contributed by atoms with Crippen molar-refractivity contribution in [1.82, 2.24) is 0 Å². The number of rotatable bonds is 5. The van der Waals surface area contributed by atoms with Crippen LogP contribution in [0.1, 0.15) is 0 Å². The monoisotopic (exact) mass is 228 g/mol. The molecule has 0 amide bonds. The van der Waals surface area contributed by atoms with E-state index in [4.69, 9.17) is 4.55 Å². The van der Waals surface area contributed by atoms with Gasteiger partial charge in [-0.2, -0.15) is 16.8 Å². The van der Waals surface area contributed by atoms with Crippen molar-refractivity contribution >= 4 is 20.2 Å². The molecule has 0 aromatic carbocycles. The van der Waals surface area contributed by atoms with Crippen molar-refractivity contribution in [3.63, 3.8) is 0 Å². The fourth-order valence-corrected chi connectivity index (χ4v) is 1.22. The van der Waals surface area contributed by atoms with Crippen molar-refractivity contribution in [1.29, 1.82) is 0 Å². The first-order valence-corrected chi connectivity index (χ1v) is 6.01. The van der Waals surface area contributed by atoms with Crippen LogP contribution in [0.5, 0.6) is 0 Å². The Hall–Kier alpha value is -0.860. The van der Waals surface area contributed by atoms with Gasteiger partial charge in [-0.15, -0.1) is 6.58 Å². The van der Waals surface area contributed by atoms with Crippen LogP contribution in [0, 0.1) is 0 Å². The van der Waals surface area contributed by atoms with Gasteiger partial charge in [0.05, 0.1) is 5.41 Å². The summed E-state index contributed by atoms with van der Waals surface area (Å²) in [6.07, 6.45) is 1.45. The third-order valence-electron chi connectivity index (χ3n) is 0.752. The Morgan fingerprint density at radius 3 is 2.23 bits per heavy atom. The minimum absolute atomic E-state index is 0.216. The summed E-state index contributed by atoms with van der Waals surface area (Å²) in [4.78, 5) is 0. The van der Waals surface area contributed by atoms with E-state index in [0.717, 1.165) is 6.08 Å². The lowest BCUT2D eigenvalue weighted by Gasteiger charge is -1.96. The van der Waals surface area contributed by atoms with Crippen LogP contribution in [-0.2, 0) is 24.4 Å².